The van der Waals surface area contributed by atoms with Crippen molar-refractivity contribution in [1.82, 2.24) is 15.0 Å². The Balaban J connectivity index is 1.89. The highest BCUT2D eigenvalue weighted by Gasteiger charge is 2.14. The molecule has 1 aliphatic carbocycles. The van der Waals surface area contributed by atoms with Gasteiger partial charge in [-0.2, -0.15) is 15.0 Å². The van der Waals surface area contributed by atoms with Crippen LogP contribution in [0, 0.1) is 5.92 Å². The highest BCUT2D eigenvalue weighted by molar-refractivity contribution is 5.32. The van der Waals surface area contributed by atoms with E-state index in [0.29, 0.717) is 24.5 Å². The number of hydrogen-bond acceptors (Lipinski definition) is 6. The van der Waals surface area contributed by atoms with Crippen LogP contribution in [0.15, 0.2) is 0 Å². The smallest absolute Gasteiger partial charge is 0.323 e. The second kappa shape index (κ2) is 7.11. The van der Waals surface area contributed by atoms with Gasteiger partial charge in [-0.15, -0.1) is 0 Å². The summed E-state index contributed by atoms with van der Waals surface area (Å²) >= 11 is 0. The van der Waals surface area contributed by atoms with Crippen molar-refractivity contribution in [3.63, 3.8) is 0 Å². The minimum absolute atomic E-state index is 0.201. The molecule has 0 unspecified atom stereocenters. The zero-order valence-corrected chi connectivity index (χ0v) is 11.6. The number of anilines is 2. The van der Waals surface area contributed by atoms with Gasteiger partial charge in [-0.25, -0.2) is 0 Å². The molecule has 0 amide bonds. The van der Waals surface area contributed by atoms with Crippen LogP contribution in [-0.2, 0) is 0 Å². The van der Waals surface area contributed by atoms with E-state index < -0.39 is 0 Å². The predicted octanol–water partition coefficient (Wildman–Crippen LogP) is 2.23. The largest absolute Gasteiger partial charge is 0.463 e. The predicted molar refractivity (Wildman–Crippen MR) is 75.1 cm³/mol. The van der Waals surface area contributed by atoms with Crippen LogP contribution in [0.3, 0.4) is 0 Å². The third kappa shape index (κ3) is 4.54. The number of aromatic nitrogens is 3. The van der Waals surface area contributed by atoms with E-state index in [1.807, 2.05) is 6.92 Å². The highest BCUT2D eigenvalue weighted by Crippen LogP contribution is 2.23. The van der Waals surface area contributed by atoms with E-state index in [4.69, 9.17) is 10.5 Å². The maximum absolute atomic E-state index is 5.66. The topological polar surface area (TPSA) is 86.0 Å². The first kappa shape index (κ1) is 13.8. The summed E-state index contributed by atoms with van der Waals surface area (Å²) in [5.74, 6) is 1.43. The van der Waals surface area contributed by atoms with Gasteiger partial charge >= 0.3 is 6.01 Å². The van der Waals surface area contributed by atoms with Crippen LogP contribution in [0.25, 0.3) is 0 Å². The van der Waals surface area contributed by atoms with Crippen molar-refractivity contribution in [3.8, 4) is 6.01 Å². The molecule has 0 bridgehead atoms. The van der Waals surface area contributed by atoms with Gasteiger partial charge in [0, 0.05) is 6.54 Å². The van der Waals surface area contributed by atoms with Crippen LogP contribution in [0.2, 0.25) is 0 Å². The van der Waals surface area contributed by atoms with Gasteiger partial charge in [0.25, 0.3) is 0 Å². The second-order valence-corrected chi connectivity index (χ2v) is 5.03. The molecule has 0 saturated heterocycles. The number of nitrogen functional groups attached to an aromatic ring is 1. The number of nitrogens with zero attached hydrogens (tertiary/aromatic N) is 3. The molecule has 1 heterocycles. The summed E-state index contributed by atoms with van der Waals surface area (Å²) in [4.78, 5) is 12.3. The number of nitrogens with two attached hydrogens (primary N) is 1. The molecular weight excluding hydrogens is 242 g/mol. The Labute approximate surface area is 114 Å². The molecule has 3 N–H and O–H groups in total. The lowest BCUT2D eigenvalue weighted by Crippen LogP contribution is -2.19. The molecule has 2 rings (SSSR count). The van der Waals surface area contributed by atoms with Gasteiger partial charge in [0.1, 0.15) is 0 Å². The lowest BCUT2D eigenvalue weighted by atomic mass is 9.89. The Kier molecular flexibility index (Phi) is 5.18. The molecule has 1 aromatic heterocycles. The summed E-state index contributed by atoms with van der Waals surface area (Å²) in [7, 11) is 0. The number of rotatable bonds is 6. The first-order valence-corrected chi connectivity index (χ1v) is 7.16. The Hall–Kier alpha value is -1.59. The zero-order chi connectivity index (χ0) is 13.5. The molecule has 0 aromatic carbocycles. The summed E-state index contributed by atoms with van der Waals surface area (Å²) in [6.45, 7) is 3.52. The van der Waals surface area contributed by atoms with Crippen LogP contribution < -0.4 is 15.8 Å². The van der Waals surface area contributed by atoms with Gasteiger partial charge in [-0.05, 0) is 25.2 Å². The molecule has 0 aliphatic heterocycles. The molecule has 0 atom stereocenters. The third-order valence-electron chi connectivity index (χ3n) is 3.34. The lowest BCUT2D eigenvalue weighted by Gasteiger charge is -2.21. The fourth-order valence-corrected chi connectivity index (χ4v) is 2.34. The van der Waals surface area contributed by atoms with E-state index in [1.165, 1.54) is 32.1 Å². The molecule has 0 spiro atoms. The fourth-order valence-electron chi connectivity index (χ4n) is 2.34. The molecule has 1 aromatic rings. The molecule has 106 valence electrons. The van der Waals surface area contributed by atoms with Crippen molar-refractivity contribution in [2.24, 2.45) is 5.92 Å². The van der Waals surface area contributed by atoms with Crippen molar-refractivity contribution in [2.75, 3.05) is 24.2 Å². The van der Waals surface area contributed by atoms with Gasteiger partial charge in [0.2, 0.25) is 11.9 Å². The van der Waals surface area contributed by atoms with E-state index in [2.05, 4.69) is 20.3 Å². The Morgan fingerprint density at radius 1 is 1.21 bits per heavy atom. The average Bonchev–Trinajstić information content (AvgIpc) is 2.43. The normalized spacial score (nSPS) is 16.3. The van der Waals surface area contributed by atoms with Gasteiger partial charge in [0.15, 0.2) is 0 Å². The summed E-state index contributed by atoms with van der Waals surface area (Å²) in [5, 5.41) is 3.25. The van der Waals surface area contributed by atoms with Gasteiger partial charge < -0.3 is 15.8 Å². The van der Waals surface area contributed by atoms with E-state index in [9.17, 15) is 0 Å². The SMILES string of the molecule is CCCOc1nc(N)nc(NCC2CCCCC2)n1. The molecule has 19 heavy (non-hydrogen) atoms. The highest BCUT2D eigenvalue weighted by atomic mass is 16.5. The van der Waals surface area contributed by atoms with E-state index in [0.717, 1.165) is 13.0 Å². The van der Waals surface area contributed by atoms with E-state index in [-0.39, 0.29) is 5.95 Å². The second-order valence-electron chi connectivity index (χ2n) is 5.03. The van der Waals surface area contributed by atoms with Crippen molar-refractivity contribution in [2.45, 2.75) is 45.4 Å². The summed E-state index contributed by atoms with van der Waals surface area (Å²) in [5.41, 5.74) is 5.66. The zero-order valence-electron chi connectivity index (χ0n) is 11.6. The van der Waals surface area contributed by atoms with Crippen molar-refractivity contribution in [3.05, 3.63) is 0 Å². The summed E-state index contributed by atoms with van der Waals surface area (Å²) in [6, 6.07) is 0.306. The summed E-state index contributed by atoms with van der Waals surface area (Å²) in [6.07, 6.45) is 7.51. The Morgan fingerprint density at radius 3 is 2.74 bits per heavy atom. The quantitative estimate of drug-likeness (QED) is 0.820. The maximum atomic E-state index is 5.66. The number of nitrogens with one attached hydrogen (secondary N) is 1. The monoisotopic (exact) mass is 265 g/mol. The van der Waals surface area contributed by atoms with E-state index in [1.54, 1.807) is 0 Å². The Morgan fingerprint density at radius 2 is 2.00 bits per heavy atom. The van der Waals surface area contributed by atoms with Crippen LogP contribution in [0.4, 0.5) is 11.9 Å². The minimum Gasteiger partial charge on any atom is -0.463 e. The van der Waals surface area contributed by atoms with Crippen molar-refractivity contribution < 1.29 is 4.74 Å². The minimum atomic E-state index is 0.201. The lowest BCUT2D eigenvalue weighted by molar-refractivity contribution is 0.292. The van der Waals surface area contributed by atoms with Crippen molar-refractivity contribution >= 4 is 11.9 Å². The maximum Gasteiger partial charge on any atom is 0.323 e. The fraction of sp³-hybridized carbons (Fsp3) is 0.769. The summed E-state index contributed by atoms with van der Waals surface area (Å²) < 4.78 is 5.39. The first-order valence-electron chi connectivity index (χ1n) is 7.16. The molecule has 6 nitrogen and oxygen atoms in total. The molecule has 6 heteroatoms. The molecule has 1 saturated carbocycles. The molecule has 1 aliphatic rings. The number of hydrogen-bond donors (Lipinski definition) is 2. The van der Waals surface area contributed by atoms with Crippen molar-refractivity contribution in [1.29, 1.82) is 0 Å². The van der Waals surface area contributed by atoms with Crippen LogP contribution >= 0.6 is 0 Å². The van der Waals surface area contributed by atoms with Gasteiger partial charge in [-0.1, -0.05) is 26.2 Å². The number of ether oxygens (including phenoxy) is 1. The van der Waals surface area contributed by atoms with Gasteiger partial charge in [-0.3, -0.25) is 0 Å². The molecular formula is C13H23N5O. The molecule has 1 fully saturated rings. The van der Waals surface area contributed by atoms with Gasteiger partial charge in [0.05, 0.1) is 6.61 Å². The van der Waals surface area contributed by atoms with Crippen LogP contribution in [0.1, 0.15) is 45.4 Å². The van der Waals surface area contributed by atoms with Crippen LogP contribution in [-0.4, -0.2) is 28.1 Å². The third-order valence-corrected chi connectivity index (χ3v) is 3.34. The molecule has 0 radical (unpaired) electrons. The Bertz CT molecular complexity index is 393. The first-order chi connectivity index (χ1) is 9.28. The van der Waals surface area contributed by atoms with E-state index >= 15 is 0 Å². The van der Waals surface area contributed by atoms with Crippen LogP contribution in [0.5, 0.6) is 6.01 Å². The standard InChI is InChI=1S/C13H23N5O/c1-2-8-19-13-17-11(14)16-12(18-13)15-9-10-6-4-3-5-7-10/h10H,2-9H2,1H3,(H3,14,15,16,17,18). The average molecular weight is 265 g/mol.